The third-order valence-corrected chi connectivity index (χ3v) is 3.24. The summed E-state index contributed by atoms with van der Waals surface area (Å²) in [5.41, 5.74) is 0.317. The fourth-order valence-electron chi connectivity index (χ4n) is 2.06. The smallest absolute Gasteiger partial charge is 0.306 e. The zero-order valence-electron chi connectivity index (χ0n) is 11.4. The Kier molecular flexibility index (Phi) is 4.63. The molecule has 0 bridgehead atoms. The molecule has 0 fully saturated rings. The first-order valence-electron chi connectivity index (χ1n) is 6.52. The summed E-state index contributed by atoms with van der Waals surface area (Å²) in [6, 6.07) is 11.1. The standard InChI is InChI=1S/C16H15F4N/c1-11(14-7-2-3-8-15(14)17)21-10-12-5-4-6-13(9-12)16(18,19)20/h2-9,11,21H,10H2,1H3. The van der Waals surface area contributed by atoms with Gasteiger partial charge in [0.25, 0.3) is 0 Å². The van der Waals surface area contributed by atoms with E-state index in [0.29, 0.717) is 11.1 Å². The fraction of sp³-hybridized carbons (Fsp3) is 0.250. The number of hydrogen-bond acceptors (Lipinski definition) is 1. The Morgan fingerprint density at radius 2 is 1.76 bits per heavy atom. The van der Waals surface area contributed by atoms with Crippen molar-refractivity contribution in [3.63, 3.8) is 0 Å². The summed E-state index contributed by atoms with van der Waals surface area (Å²) in [6.07, 6.45) is -4.35. The Balaban J connectivity index is 2.05. The number of halogens is 4. The van der Waals surface area contributed by atoms with Gasteiger partial charge < -0.3 is 5.32 Å². The first-order chi connectivity index (χ1) is 9.88. The van der Waals surface area contributed by atoms with Crippen LogP contribution in [-0.2, 0) is 12.7 Å². The summed E-state index contributed by atoms with van der Waals surface area (Å²) in [4.78, 5) is 0. The maximum Gasteiger partial charge on any atom is 0.416 e. The minimum Gasteiger partial charge on any atom is -0.306 e. The lowest BCUT2D eigenvalue weighted by Crippen LogP contribution is -2.19. The SMILES string of the molecule is CC(NCc1cccc(C(F)(F)F)c1)c1ccccc1F. The highest BCUT2D eigenvalue weighted by Crippen LogP contribution is 2.29. The highest BCUT2D eigenvalue weighted by molar-refractivity contribution is 5.26. The minimum absolute atomic E-state index is 0.236. The van der Waals surface area contributed by atoms with Crippen LogP contribution in [0.2, 0.25) is 0 Å². The van der Waals surface area contributed by atoms with Gasteiger partial charge in [-0.1, -0.05) is 36.4 Å². The van der Waals surface area contributed by atoms with Crippen LogP contribution in [0.25, 0.3) is 0 Å². The Morgan fingerprint density at radius 3 is 2.43 bits per heavy atom. The molecule has 2 rings (SSSR count). The normalized spacial score (nSPS) is 13.2. The van der Waals surface area contributed by atoms with Crippen LogP contribution < -0.4 is 5.32 Å². The topological polar surface area (TPSA) is 12.0 Å². The van der Waals surface area contributed by atoms with Crippen molar-refractivity contribution in [2.45, 2.75) is 25.7 Å². The van der Waals surface area contributed by atoms with E-state index >= 15 is 0 Å². The molecule has 0 saturated carbocycles. The third-order valence-electron chi connectivity index (χ3n) is 3.24. The molecule has 2 aromatic carbocycles. The van der Waals surface area contributed by atoms with Gasteiger partial charge in [-0.3, -0.25) is 0 Å². The highest BCUT2D eigenvalue weighted by Gasteiger charge is 2.30. The van der Waals surface area contributed by atoms with E-state index in [0.717, 1.165) is 12.1 Å². The molecule has 1 N–H and O–H groups in total. The molecular weight excluding hydrogens is 282 g/mol. The maximum atomic E-state index is 13.6. The lowest BCUT2D eigenvalue weighted by atomic mass is 10.1. The van der Waals surface area contributed by atoms with Crippen LogP contribution >= 0.6 is 0 Å². The molecule has 0 aliphatic carbocycles. The molecule has 0 spiro atoms. The van der Waals surface area contributed by atoms with Gasteiger partial charge in [0.05, 0.1) is 5.56 Å². The number of hydrogen-bond donors (Lipinski definition) is 1. The van der Waals surface area contributed by atoms with Crippen LogP contribution in [0.4, 0.5) is 17.6 Å². The molecule has 2 aromatic rings. The van der Waals surface area contributed by atoms with Crippen LogP contribution in [0.15, 0.2) is 48.5 Å². The summed E-state index contributed by atoms with van der Waals surface area (Å²) in [5.74, 6) is -0.332. The van der Waals surface area contributed by atoms with Crippen molar-refractivity contribution in [1.29, 1.82) is 0 Å². The van der Waals surface area contributed by atoms with Crippen LogP contribution in [0, 0.1) is 5.82 Å². The van der Waals surface area contributed by atoms with E-state index in [4.69, 9.17) is 0 Å². The van der Waals surface area contributed by atoms with Crippen molar-refractivity contribution in [3.05, 3.63) is 71.0 Å². The van der Waals surface area contributed by atoms with Crippen LogP contribution in [0.5, 0.6) is 0 Å². The molecule has 21 heavy (non-hydrogen) atoms. The van der Waals surface area contributed by atoms with Gasteiger partial charge in [0, 0.05) is 18.2 Å². The zero-order valence-corrected chi connectivity index (χ0v) is 11.4. The van der Waals surface area contributed by atoms with Crippen molar-refractivity contribution >= 4 is 0 Å². The van der Waals surface area contributed by atoms with Crippen molar-refractivity contribution in [2.75, 3.05) is 0 Å². The predicted molar refractivity (Wildman–Crippen MR) is 73.1 cm³/mol. The van der Waals surface area contributed by atoms with Crippen molar-refractivity contribution in [1.82, 2.24) is 5.32 Å². The average molecular weight is 297 g/mol. The molecule has 0 saturated heterocycles. The van der Waals surface area contributed by atoms with Gasteiger partial charge in [-0.2, -0.15) is 13.2 Å². The van der Waals surface area contributed by atoms with Crippen LogP contribution in [-0.4, -0.2) is 0 Å². The molecule has 0 aromatic heterocycles. The molecule has 0 aliphatic rings. The van der Waals surface area contributed by atoms with Gasteiger partial charge >= 0.3 is 6.18 Å². The van der Waals surface area contributed by atoms with E-state index in [2.05, 4.69) is 5.32 Å². The van der Waals surface area contributed by atoms with Gasteiger partial charge in [-0.05, 0) is 24.6 Å². The van der Waals surface area contributed by atoms with Gasteiger partial charge in [-0.15, -0.1) is 0 Å². The molecule has 0 radical (unpaired) electrons. The monoisotopic (exact) mass is 297 g/mol. The van der Waals surface area contributed by atoms with Gasteiger partial charge in [-0.25, -0.2) is 4.39 Å². The lowest BCUT2D eigenvalue weighted by molar-refractivity contribution is -0.137. The Labute approximate surface area is 120 Å². The first kappa shape index (κ1) is 15.5. The summed E-state index contributed by atoms with van der Waals surface area (Å²) in [5, 5.41) is 3.03. The number of nitrogens with one attached hydrogen (secondary N) is 1. The molecule has 1 unspecified atom stereocenters. The summed E-state index contributed by atoms with van der Waals surface area (Å²) >= 11 is 0. The summed E-state index contributed by atoms with van der Waals surface area (Å²) in [7, 11) is 0. The molecule has 5 heteroatoms. The van der Waals surface area contributed by atoms with Crippen molar-refractivity contribution in [2.24, 2.45) is 0 Å². The van der Waals surface area contributed by atoms with Crippen molar-refractivity contribution in [3.8, 4) is 0 Å². The second-order valence-electron chi connectivity index (χ2n) is 4.82. The quantitative estimate of drug-likeness (QED) is 0.807. The number of rotatable bonds is 4. The summed E-state index contributed by atoms with van der Waals surface area (Å²) < 4.78 is 51.4. The molecule has 0 aliphatic heterocycles. The highest BCUT2D eigenvalue weighted by atomic mass is 19.4. The molecule has 0 heterocycles. The van der Waals surface area contributed by atoms with Crippen LogP contribution in [0.3, 0.4) is 0 Å². The Morgan fingerprint density at radius 1 is 1.05 bits per heavy atom. The second kappa shape index (κ2) is 6.26. The van der Waals surface area contributed by atoms with E-state index in [1.165, 1.54) is 12.1 Å². The van der Waals surface area contributed by atoms with E-state index in [1.54, 1.807) is 31.2 Å². The predicted octanol–water partition coefficient (Wildman–Crippen LogP) is 4.70. The molecule has 1 nitrogen and oxygen atoms in total. The van der Waals surface area contributed by atoms with E-state index in [-0.39, 0.29) is 18.4 Å². The van der Waals surface area contributed by atoms with Crippen molar-refractivity contribution < 1.29 is 17.6 Å². The van der Waals surface area contributed by atoms with Gasteiger partial charge in [0.2, 0.25) is 0 Å². The molecule has 1 atom stereocenters. The largest absolute Gasteiger partial charge is 0.416 e. The van der Waals surface area contributed by atoms with Crippen LogP contribution in [0.1, 0.15) is 29.7 Å². The molecule has 0 amide bonds. The maximum absolute atomic E-state index is 13.6. The number of alkyl halides is 3. The fourth-order valence-corrected chi connectivity index (χ4v) is 2.06. The second-order valence-corrected chi connectivity index (χ2v) is 4.82. The van der Waals surface area contributed by atoms with Gasteiger partial charge in [0.15, 0.2) is 0 Å². The van der Waals surface area contributed by atoms with E-state index in [9.17, 15) is 17.6 Å². The Hall–Kier alpha value is -1.88. The number of benzene rings is 2. The third kappa shape index (κ3) is 4.04. The molecular formula is C16H15F4N. The average Bonchev–Trinajstić information content (AvgIpc) is 2.45. The van der Waals surface area contributed by atoms with Gasteiger partial charge in [0.1, 0.15) is 5.82 Å². The minimum atomic E-state index is -4.35. The lowest BCUT2D eigenvalue weighted by Gasteiger charge is -2.15. The first-order valence-corrected chi connectivity index (χ1v) is 6.52. The van der Waals surface area contributed by atoms with E-state index < -0.39 is 11.7 Å². The summed E-state index contributed by atoms with van der Waals surface area (Å²) in [6.45, 7) is 2.01. The Bertz CT molecular complexity index is 607. The molecule has 112 valence electrons. The zero-order chi connectivity index (χ0) is 15.5. The van der Waals surface area contributed by atoms with E-state index in [1.807, 2.05) is 0 Å².